The van der Waals surface area contributed by atoms with Crippen LogP contribution in [0.1, 0.15) is 0 Å². The Hall–Kier alpha value is -1.64. The second-order valence-corrected chi connectivity index (χ2v) is 8.91. The van der Waals surface area contributed by atoms with Gasteiger partial charge in [-0.15, -0.1) is 0 Å². The fraction of sp³-hybridized carbons (Fsp3) is 0. The van der Waals surface area contributed by atoms with Crippen molar-refractivity contribution in [1.82, 2.24) is 15.0 Å². The summed E-state index contributed by atoms with van der Waals surface area (Å²) in [5.74, 6) is 1.95. The topological polar surface area (TPSA) is 38.7 Å². The van der Waals surface area contributed by atoms with Gasteiger partial charge in [0, 0.05) is 29.2 Å². The van der Waals surface area contributed by atoms with Crippen molar-refractivity contribution in [1.29, 1.82) is 0 Å². The highest BCUT2D eigenvalue weighted by molar-refractivity contribution is 14.1. The number of rotatable bonds is 3. The average molecular weight is 593 g/mol. The standard InChI is InChI=1S/C21H12Br2IN3/c22-16-5-1-3-14(11-16)20-25-19(13-7-9-18(24)10-8-13)26-21(27-20)15-4-2-6-17(23)12-15/h1-12H. The van der Waals surface area contributed by atoms with Crippen molar-refractivity contribution in [3.8, 4) is 34.2 Å². The molecule has 4 aromatic rings. The Labute approximate surface area is 187 Å². The highest BCUT2D eigenvalue weighted by Gasteiger charge is 2.12. The molecular formula is C21H12Br2IN3. The van der Waals surface area contributed by atoms with E-state index in [1.54, 1.807) is 0 Å². The predicted molar refractivity (Wildman–Crippen MR) is 124 cm³/mol. The van der Waals surface area contributed by atoms with E-state index < -0.39 is 0 Å². The van der Waals surface area contributed by atoms with Crippen LogP contribution in [0.25, 0.3) is 34.2 Å². The lowest BCUT2D eigenvalue weighted by atomic mass is 10.1. The van der Waals surface area contributed by atoms with Crippen LogP contribution in [0.15, 0.2) is 81.7 Å². The van der Waals surface area contributed by atoms with Gasteiger partial charge in [-0.25, -0.2) is 15.0 Å². The molecular weight excluding hydrogens is 581 g/mol. The molecule has 3 aromatic carbocycles. The third kappa shape index (κ3) is 4.44. The van der Waals surface area contributed by atoms with Gasteiger partial charge in [0.05, 0.1) is 0 Å². The summed E-state index contributed by atoms with van der Waals surface area (Å²) in [4.78, 5) is 14.2. The molecule has 1 aromatic heterocycles. The first-order valence-corrected chi connectivity index (χ1v) is 10.8. The maximum atomic E-state index is 4.74. The van der Waals surface area contributed by atoms with Gasteiger partial charge in [-0.3, -0.25) is 0 Å². The molecule has 132 valence electrons. The molecule has 0 radical (unpaired) electrons. The Balaban J connectivity index is 1.92. The molecule has 0 saturated carbocycles. The van der Waals surface area contributed by atoms with E-state index in [0.717, 1.165) is 25.6 Å². The second kappa shape index (κ2) is 8.16. The molecule has 0 spiro atoms. The minimum absolute atomic E-state index is 0.648. The molecule has 0 aliphatic rings. The van der Waals surface area contributed by atoms with Crippen LogP contribution in [-0.2, 0) is 0 Å². The van der Waals surface area contributed by atoms with Crippen molar-refractivity contribution in [2.45, 2.75) is 0 Å². The Bertz CT molecular complexity index is 1050. The van der Waals surface area contributed by atoms with Crippen LogP contribution in [0.2, 0.25) is 0 Å². The van der Waals surface area contributed by atoms with Gasteiger partial charge in [-0.1, -0.05) is 68.3 Å². The van der Waals surface area contributed by atoms with E-state index >= 15 is 0 Å². The number of halogens is 3. The molecule has 0 amide bonds. The van der Waals surface area contributed by atoms with Crippen molar-refractivity contribution in [2.75, 3.05) is 0 Å². The molecule has 3 nitrogen and oxygen atoms in total. The average Bonchev–Trinajstić information content (AvgIpc) is 2.68. The van der Waals surface area contributed by atoms with Crippen LogP contribution < -0.4 is 0 Å². The quantitative estimate of drug-likeness (QED) is 0.240. The molecule has 0 bridgehead atoms. The van der Waals surface area contributed by atoms with Gasteiger partial charge in [0.1, 0.15) is 0 Å². The molecule has 1 heterocycles. The van der Waals surface area contributed by atoms with Gasteiger partial charge in [0.2, 0.25) is 0 Å². The van der Waals surface area contributed by atoms with Crippen molar-refractivity contribution >= 4 is 54.5 Å². The second-order valence-electron chi connectivity index (χ2n) is 5.83. The Morgan fingerprint density at radius 2 is 1.00 bits per heavy atom. The zero-order chi connectivity index (χ0) is 18.8. The molecule has 0 atom stereocenters. The van der Waals surface area contributed by atoms with E-state index in [2.05, 4.69) is 66.6 Å². The number of hydrogen-bond donors (Lipinski definition) is 0. The minimum atomic E-state index is 0.648. The SMILES string of the molecule is Brc1cccc(-c2nc(-c3ccc(I)cc3)nc(-c3cccc(Br)c3)n2)c1. The summed E-state index contributed by atoms with van der Waals surface area (Å²) in [6, 6.07) is 24.1. The summed E-state index contributed by atoms with van der Waals surface area (Å²) in [5.41, 5.74) is 2.84. The van der Waals surface area contributed by atoms with Gasteiger partial charge < -0.3 is 0 Å². The first-order chi connectivity index (χ1) is 13.1. The summed E-state index contributed by atoms with van der Waals surface area (Å²) in [7, 11) is 0. The van der Waals surface area contributed by atoms with E-state index in [9.17, 15) is 0 Å². The number of nitrogens with zero attached hydrogens (tertiary/aromatic N) is 3. The summed E-state index contributed by atoms with van der Waals surface area (Å²) >= 11 is 9.34. The molecule has 0 aliphatic heterocycles. The highest BCUT2D eigenvalue weighted by Crippen LogP contribution is 2.27. The summed E-state index contributed by atoms with van der Waals surface area (Å²) in [5, 5.41) is 0. The van der Waals surface area contributed by atoms with Crippen LogP contribution in [0.3, 0.4) is 0 Å². The minimum Gasteiger partial charge on any atom is -0.208 e. The van der Waals surface area contributed by atoms with Crippen LogP contribution in [0.4, 0.5) is 0 Å². The summed E-state index contributed by atoms with van der Waals surface area (Å²) < 4.78 is 3.14. The Morgan fingerprint density at radius 3 is 1.44 bits per heavy atom. The lowest BCUT2D eigenvalue weighted by Crippen LogP contribution is -2.00. The van der Waals surface area contributed by atoms with Crippen LogP contribution in [-0.4, -0.2) is 15.0 Å². The van der Waals surface area contributed by atoms with Gasteiger partial charge in [0.15, 0.2) is 17.5 Å². The normalized spacial score (nSPS) is 10.8. The molecule has 0 fully saturated rings. The van der Waals surface area contributed by atoms with Crippen molar-refractivity contribution in [2.24, 2.45) is 0 Å². The number of hydrogen-bond acceptors (Lipinski definition) is 3. The van der Waals surface area contributed by atoms with Crippen molar-refractivity contribution < 1.29 is 0 Å². The molecule has 0 saturated heterocycles. The lowest BCUT2D eigenvalue weighted by Gasteiger charge is -2.09. The van der Waals surface area contributed by atoms with Gasteiger partial charge >= 0.3 is 0 Å². The fourth-order valence-electron chi connectivity index (χ4n) is 2.62. The van der Waals surface area contributed by atoms with Crippen LogP contribution in [0, 0.1) is 3.57 Å². The number of aromatic nitrogens is 3. The van der Waals surface area contributed by atoms with Gasteiger partial charge in [-0.05, 0) is 59.0 Å². The maximum Gasteiger partial charge on any atom is 0.164 e. The third-order valence-corrected chi connectivity index (χ3v) is 5.61. The molecule has 27 heavy (non-hydrogen) atoms. The predicted octanol–water partition coefficient (Wildman–Crippen LogP) is 7.00. The van der Waals surface area contributed by atoms with Gasteiger partial charge in [0.25, 0.3) is 0 Å². The Morgan fingerprint density at radius 1 is 0.556 bits per heavy atom. The van der Waals surface area contributed by atoms with E-state index in [-0.39, 0.29) is 0 Å². The molecule has 0 aliphatic carbocycles. The van der Waals surface area contributed by atoms with E-state index in [4.69, 9.17) is 15.0 Å². The van der Waals surface area contributed by atoms with Crippen LogP contribution >= 0.6 is 54.5 Å². The smallest absolute Gasteiger partial charge is 0.164 e. The zero-order valence-corrected chi connectivity index (χ0v) is 19.2. The molecule has 4 rings (SSSR count). The van der Waals surface area contributed by atoms with Crippen LogP contribution in [0.5, 0.6) is 0 Å². The largest absolute Gasteiger partial charge is 0.208 e. The van der Waals surface area contributed by atoms with Crippen molar-refractivity contribution in [3.63, 3.8) is 0 Å². The third-order valence-electron chi connectivity index (χ3n) is 3.90. The first-order valence-electron chi connectivity index (χ1n) is 8.12. The number of benzene rings is 3. The monoisotopic (exact) mass is 591 g/mol. The Kier molecular flexibility index (Phi) is 5.66. The summed E-state index contributed by atoms with van der Waals surface area (Å²) in [6.07, 6.45) is 0. The van der Waals surface area contributed by atoms with E-state index in [1.165, 1.54) is 3.57 Å². The van der Waals surface area contributed by atoms with E-state index in [0.29, 0.717) is 17.5 Å². The first kappa shape index (κ1) is 18.7. The summed E-state index contributed by atoms with van der Waals surface area (Å²) in [6.45, 7) is 0. The molecule has 6 heteroatoms. The maximum absolute atomic E-state index is 4.74. The zero-order valence-electron chi connectivity index (χ0n) is 13.9. The lowest BCUT2D eigenvalue weighted by molar-refractivity contribution is 1.07. The highest BCUT2D eigenvalue weighted by atomic mass is 127. The van der Waals surface area contributed by atoms with Gasteiger partial charge in [-0.2, -0.15) is 0 Å². The van der Waals surface area contributed by atoms with Crippen molar-refractivity contribution in [3.05, 3.63) is 85.3 Å². The molecule has 0 unspecified atom stereocenters. The van der Waals surface area contributed by atoms with E-state index in [1.807, 2.05) is 60.7 Å². The fourth-order valence-corrected chi connectivity index (χ4v) is 3.78. The molecule has 0 N–H and O–H groups in total.